The predicted molar refractivity (Wildman–Crippen MR) is 72.9 cm³/mol. The molecule has 1 aliphatic rings. The molecule has 2 nitrogen and oxygen atoms in total. The van der Waals surface area contributed by atoms with Crippen molar-refractivity contribution in [3.63, 3.8) is 0 Å². The zero-order valence-electron chi connectivity index (χ0n) is 10.6. The SMILES string of the molecule is COC(=O)CC1(C=Cc2ccccc2)C=CCC1. The number of carbonyl (C=O) groups excluding carboxylic acids is 1. The van der Waals surface area contributed by atoms with E-state index in [0.29, 0.717) is 6.42 Å². The maximum Gasteiger partial charge on any atom is 0.306 e. The molecule has 1 aromatic rings. The molecule has 0 fully saturated rings. The summed E-state index contributed by atoms with van der Waals surface area (Å²) in [6, 6.07) is 10.1. The van der Waals surface area contributed by atoms with Gasteiger partial charge in [0.1, 0.15) is 0 Å². The molecule has 94 valence electrons. The molecule has 1 aliphatic carbocycles. The standard InChI is InChI=1S/C16H18O2/c1-18-15(17)13-16(10-5-6-11-16)12-9-14-7-3-2-4-8-14/h2-5,7-10,12H,6,11,13H2,1H3. The molecule has 1 aromatic carbocycles. The van der Waals surface area contributed by atoms with Crippen molar-refractivity contribution in [3.8, 4) is 0 Å². The summed E-state index contributed by atoms with van der Waals surface area (Å²) in [7, 11) is 1.44. The second-order valence-electron chi connectivity index (χ2n) is 4.67. The highest BCUT2D eigenvalue weighted by atomic mass is 16.5. The van der Waals surface area contributed by atoms with E-state index in [1.54, 1.807) is 0 Å². The second kappa shape index (κ2) is 5.67. The topological polar surface area (TPSA) is 26.3 Å². The molecule has 1 atom stereocenters. The van der Waals surface area contributed by atoms with Gasteiger partial charge in [0.15, 0.2) is 0 Å². The lowest BCUT2D eigenvalue weighted by molar-refractivity contribution is -0.142. The van der Waals surface area contributed by atoms with Crippen LogP contribution in [0.3, 0.4) is 0 Å². The van der Waals surface area contributed by atoms with E-state index in [1.165, 1.54) is 7.11 Å². The zero-order chi connectivity index (χ0) is 12.8. The fourth-order valence-electron chi connectivity index (χ4n) is 2.27. The van der Waals surface area contributed by atoms with Gasteiger partial charge in [-0.15, -0.1) is 0 Å². The Morgan fingerprint density at radius 1 is 1.39 bits per heavy atom. The number of allylic oxidation sites excluding steroid dienone is 3. The minimum atomic E-state index is -0.164. The third kappa shape index (κ3) is 3.10. The van der Waals surface area contributed by atoms with Crippen LogP contribution in [-0.4, -0.2) is 13.1 Å². The maximum atomic E-state index is 11.5. The van der Waals surface area contributed by atoms with Gasteiger partial charge in [0, 0.05) is 5.41 Å². The van der Waals surface area contributed by atoms with E-state index in [1.807, 2.05) is 18.2 Å². The fraction of sp³-hybridized carbons (Fsp3) is 0.312. The molecule has 0 aromatic heterocycles. The minimum absolute atomic E-state index is 0.153. The molecular weight excluding hydrogens is 224 g/mol. The summed E-state index contributed by atoms with van der Waals surface area (Å²) < 4.78 is 4.78. The summed E-state index contributed by atoms with van der Waals surface area (Å²) in [4.78, 5) is 11.5. The monoisotopic (exact) mass is 242 g/mol. The van der Waals surface area contributed by atoms with Crippen LogP contribution < -0.4 is 0 Å². The van der Waals surface area contributed by atoms with Crippen LogP contribution in [0.15, 0.2) is 48.6 Å². The van der Waals surface area contributed by atoms with Crippen LogP contribution in [-0.2, 0) is 9.53 Å². The number of ether oxygens (including phenoxy) is 1. The summed E-state index contributed by atoms with van der Waals surface area (Å²) >= 11 is 0. The molecule has 0 heterocycles. The molecule has 2 heteroatoms. The van der Waals surface area contributed by atoms with Gasteiger partial charge >= 0.3 is 5.97 Å². The normalized spacial score (nSPS) is 22.5. The first-order valence-electron chi connectivity index (χ1n) is 6.23. The Hall–Kier alpha value is -1.83. The molecule has 0 saturated heterocycles. The largest absolute Gasteiger partial charge is 0.469 e. The molecule has 0 N–H and O–H groups in total. The molecule has 0 bridgehead atoms. The molecular formula is C16H18O2. The van der Waals surface area contributed by atoms with Crippen LogP contribution in [0, 0.1) is 5.41 Å². The highest BCUT2D eigenvalue weighted by molar-refractivity contribution is 5.71. The molecule has 0 radical (unpaired) electrons. The number of esters is 1. The van der Waals surface area contributed by atoms with E-state index < -0.39 is 0 Å². The van der Waals surface area contributed by atoms with Crippen LogP contribution >= 0.6 is 0 Å². The van der Waals surface area contributed by atoms with Crippen molar-refractivity contribution in [3.05, 3.63) is 54.1 Å². The van der Waals surface area contributed by atoms with Crippen molar-refractivity contribution in [2.24, 2.45) is 5.41 Å². The Morgan fingerprint density at radius 3 is 2.78 bits per heavy atom. The van der Waals surface area contributed by atoms with Gasteiger partial charge in [-0.3, -0.25) is 4.79 Å². The summed E-state index contributed by atoms with van der Waals surface area (Å²) in [5.74, 6) is -0.153. The van der Waals surface area contributed by atoms with Gasteiger partial charge in [0.25, 0.3) is 0 Å². The molecule has 0 aliphatic heterocycles. The van der Waals surface area contributed by atoms with Crippen molar-refractivity contribution >= 4 is 12.0 Å². The first kappa shape index (κ1) is 12.6. The minimum Gasteiger partial charge on any atom is -0.469 e. The van der Waals surface area contributed by atoms with E-state index in [2.05, 4.69) is 36.4 Å². The van der Waals surface area contributed by atoms with Gasteiger partial charge in [-0.1, -0.05) is 54.6 Å². The van der Waals surface area contributed by atoms with E-state index in [9.17, 15) is 4.79 Å². The Balaban J connectivity index is 2.14. The lowest BCUT2D eigenvalue weighted by atomic mass is 9.83. The van der Waals surface area contributed by atoms with Crippen LogP contribution in [0.1, 0.15) is 24.8 Å². The third-order valence-corrected chi connectivity index (χ3v) is 3.33. The number of hydrogen-bond acceptors (Lipinski definition) is 2. The summed E-state index contributed by atoms with van der Waals surface area (Å²) in [6.45, 7) is 0. The molecule has 2 rings (SSSR count). The number of carbonyl (C=O) groups is 1. The molecule has 0 amide bonds. The fourth-order valence-corrected chi connectivity index (χ4v) is 2.27. The van der Waals surface area contributed by atoms with Gasteiger partial charge in [-0.2, -0.15) is 0 Å². The van der Waals surface area contributed by atoms with Gasteiger partial charge < -0.3 is 4.74 Å². The van der Waals surface area contributed by atoms with E-state index >= 15 is 0 Å². The third-order valence-electron chi connectivity index (χ3n) is 3.33. The predicted octanol–water partition coefficient (Wildman–Crippen LogP) is 3.60. The second-order valence-corrected chi connectivity index (χ2v) is 4.67. The lowest BCUT2D eigenvalue weighted by Crippen LogP contribution is -2.18. The quantitative estimate of drug-likeness (QED) is 0.595. The summed E-state index contributed by atoms with van der Waals surface area (Å²) in [5.41, 5.74) is 0.991. The highest BCUT2D eigenvalue weighted by Gasteiger charge is 2.30. The first-order chi connectivity index (χ1) is 8.74. The zero-order valence-corrected chi connectivity index (χ0v) is 10.6. The van der Waals surface area contributed by atoms with Gasteiger partial charge in [-0.05, 0) is 18.4 Å². The summed E-state index contributed by atoms with van der Waals surface area (Å²) in [6.07, 6.45) is 10.9. The molecule has 0 saturated carbocycles. The van der Waals surface area contributed by atoms with Crippen molar-refractivity contribution in [2.75, 3.05) is 7.11 Å². The Labute approximate surface area is 108 Å². The smallest absolute Gasteiger partial charge is 0.306 e. The molecule has 1 unspecified atom stereocenters. The Bertz CT molecular complexity index is 459. The molecule has 0 spiro atoms. The number of benzene rings is 1. The van der Waals surface area contributed by atoms with Crippen LogP contribution in [0.2, 0.25) is 0 Å². The number of rotatable bonds is 4. The summed E-state index contributed by atoms with van der Waals surface area (Å²) in [5, 5.41) is 0. The first-order valence-corrected chi connectivity index (χ1v) is 6.23. The van der Waals surface area contributed by atoms with E-state index in [-0.39, 0.29) is 11.4 Å². The van der Waals surface area contributed by atoms with Crippen LogP contribution in [0.5, 0.6) is 0 Å². The van der Waals surface area contributed by atoms with Crippen molar-refractivity contribution in [1.29, 1.82) is 0 Å². The maximum absolute atomic E-state index is 11.5. The van der Waals surface area contributed by atoms with E-state index in [0.717, 1.165) is 18.4 Å². The average molecular weight is 242 g/mol. The van der Waals surface area contributed by atoms with E-state index in [4.69, 9.17) is 4.74 Å². The Morgan fingerprint density at radius 2 is 2.17 bits per heavy atom. The lowest BCUT2D eigenvalue weighted by Gasteiger charge is -2.21. The van der Waals surface area contributed by atoms with Crippen LogP contribution in [0.4, 0.5) is 0 Å². The van der Waals surface area contributed by atoms with Gasteiger partial charge in [0.2, 0.25) is 0 Å². The molecule has 18 heavy (non-hydrogen) atoms. The average Bonchev–Trinajstić information content (AvgIpc) is 2.86. The van der Waals surface area contributed by atoms with Crippen molar-refractivity contribution in [1.82, 2.24) is 0 Å². The van der Waals surface area contributed by atoms with Gasteiger partial charge in [-0.25, -0.2) is 0 Å². The highest BCUT2D eigenvalue weighted by Crippen LogP contribution is 2.37. The van der Waals surface area contributed by atoms with Gasteiger partial charge in [0.05, 0.1) is 13.5 Å². The number of methoxy groups -OCH3 is 1. The van der Waals surface area contributed by atoms with Crippen molar-refractivity contribution in [2.45, 2.75) is 19.3 Å². The van der Waals surface area contributed by atoms with Crippen molar-refractivity contribution < 1.29 is 9.53 Å². The van der Waals surface area contributed by atoms with Crippen LogP contribution in [0.25, 0.3) is 6.08 Å². The Kier molecular flexibility index (Phi) is 3.98. The number of hydrogen-bond donors (Lipinski definition) is 0.